The molecule has 2 heterocycles. The van der Waals surface area contributed by atoms with Gasteiger partial charge in [0, 0.05) is 24.4 Å². The Bertz CT molecular complexity index is 893. The van der Waals surface area contributed by atoms with Crippen LogP contribution in [0.1, 0.15) is 43.0 Å². The zero-order valence-corrected chi connectivity index (χ0v) is 14.0. The summed E-state index contributed by atoms with van der Waals surface area (Å²) >= 11 is 0. The second kappa shape index (κ2) is 6.23. The molecule has 25 heavy (non-hydrogen) atoms. The highest BCUT2D eigenvalue weighted by atomic mass is 16.5. The number of hydrogen-bond acceptors (Lipinski definition) is 5. The smallest absolute Gasteiger partial charge is 0.315 e. The first-order valence-corrected chi connectivity index (χ1v) is 8.48. The van der Waals surface area contributed by atoms with Crippen molar-refractivity contribution in [2.75, 3.05) is 0 Å². The molecule has 2 N–H and O–H groups in total. The van der Waals surface area contributed by atoms with Crippen LogP contribution in [0, 0.1) is 6.92 Å². The van der Waals surface area contributed by atoms with Gasteiger partial charge >= 0.3 is 6.03 Å². The summed E-state index contributed by atoms with van der Waals surface area (Å²) in [5.41, 5.74) is 1.22. The molecule has 0 atom stereocenters. The molecule has 130 valence electrons. The summed E-state index contributed by atoms with van der Waals surface area (Å²) in [5.74, 6) is 1.07. The Labute approximate surface area is 144 Å². The van der Waals surface area contributed by atoms with Crippen LogP contribution in [0.3, 0.4) is 0 Å². The number of nitrogens with one attached hydrogen (secondary N) is 2. The van der Waals surface area contributed by atoms with Crippen molar-refractivity contribution in [1.82, 2.24) is 20.8 Å². The summed E-state index contributed by atoms with van der Waals surface area (Å²) in [6.07, 6.45) is 5.36. The number of urea groups is 1. The molecule has 1 aliphatic rings. The Kier molecular flexibility index (Phi) is 3.91. The lowest BCUT2D eigenvalue weighted by molar-refractivity contribution is 0.220. The lowest BCUT2D eigenvalue weighted by atomic mass is 9.97. The van der Waals surface area contributed by atoms with E-state index in [1.807, 2.05) is 24.3 Å². The number of para-hydroxylation sites is 1. The van der Waals surface area contributed by atoms with Crippen LogP contribution in [-0.4, -0.2) is 16.2 Å². The maximum Gasteiger partial charge on any atom is 0.315 e. The quantitative estimate of drug-likeness (QED) is 0.759. The normalized spacial score (nSPS) is 16.2. The van der Waals surface area contributed by atoms with Crippen LogP contribution in [0.4, 0.5) is 4.79 Å². The van der Waals surface area contributed by atoms with Crippen LogP contribution >= 0.6 is 0 Å². The SMILES string of the molecule is Cc1nc(C2(NC(=O)NCc3coc4ccccc34)CCCC2)no1. The van der Waals surface area contributed by atoms with Crippen molar-refractivity contribution < 1.29 is 13.7 Å². The van der Waals surface area contributed by atoms with Crippen molar-refractivity contribution in [2.45, 2.75) is 44.7 Å². The maximum atomic E-state index is 12.5. The van der Waals surface area contributed by atoms with Gasteiger partial charge in [0.15, 0.2) is 5.82 Å². The van der Waals surface area contributed by atoms with E-state index in [-0.39, 0.29) is 6.03 Å². The Morgan fingerprint density at radius 3 is 2.84 bits per heavy atom. The van der Waals surface area contributed by atoms with Gasteiger partial charge in [-0.1, -0.05) is 36.2 Å². The molecule has 2 aromatic heterocycles. The van der Waals surface area contributed by atoms with Crippen LogP contribution in [0.15, 0.2) is 39.5 Å². The van der Waals surface area contributed by atoms with Crippen LogP contribution in [0.25, 0.3) is 11.0 Å². The van der Waals surface area contributed by atoms with E-state index in [0.717, 1.165) is 42.2 Å². The first-order chi connectivity index (χ1) is 12.2. The van der Waals surface area contributed by atoms with Gasteiger partial charge in [-0.15, -0.1) is 0 Å². The number of amides is 2. The molecular weight excluding hydrogens is 320 g/mol. The molecule has 0 unspecified atom stereocenters. The zero-order chi connectivity index (χ0) is 17.3. The molecule has 1 aromatic carbocycles. The van der Waals surface area contributed by atoms with Crippen molar-refractivity contribution in [3.63, 3.8) is 0 Å². The van der Waals surface area contributed by atoms with Crippen molar-refractivity contribution >= 4 is 17.0 Å². The van der Waals surface area contributed by atoms with Gasteiger partial charge in [0.2, 0.25) is 5.89 Å². The van der Waals surface area contributed by atoms with E-state index in [1.54, 1.807) is 13.2 Å². The number of rotatable bonds is 4. The molecule has 1 fully saturated rings. The predicted molar refractivity (Wildman–Crippen MR) is 90.8 cm³/mol. The lowest BCUT2D eigenvalue weighted by Gasteiger charge is -2.26. The van der Waals surface area contributed by atoms with Crippen molar-refractivity contribution in [2.24, 2.45) is 0 Å². The molecule has 0 aliphatic heterocycles. The summed E-state index contributed by atoms with van der Waals surface area (Å²) in [4.78, 5) is 16.8. The Morgan fingerprint density at radius 2 is 2.08 bits per heavy atom. The van der Waals surface area contributed by atoms with Crippen LogP contribution < -0.4 is 10.6 Å². The number of hydrogen-bond donors (Lipinski definition) is 2. The average molecular weight is 340 g/mol. The molecule has 7 nitrogen and oxygen atoms in total. The van der Waals surface area contributed by atoms with Gasteiger partial charge in [0.05, 0.1) is 6.26 Å². The van der Waals surface area contributed by atoms with Crippen molar-refractivity contribution in [1.29, 1.82) is 0 Å². The third kappa shape index (κ3) is 2.97. The molecule has 2 amide bonds. The third-order valence-corrected chi connectivity index (χ3v) is 4.77. The van der Waals surface area contributed by atoms with Gasteiger partial charge in [-0.05, 0) is 18.9 Å². The van der Waals surface area contributed by atoms with E-state index < -0.39 is 5.54 Å². The van der Waals surface area contributed by atoms with E-state index in [9.17, 15) is 4.79 Å². The fraction of sp³-hybridized carbons (Fsp3) is 0.389. The minimum absolute atomic E-state index is 0.241. The first-order valence-electron chi connectivity index (χ1n) is 8.48. The second-order valence-electron chi connectivity index (χ2n) is 6.49. The monoisotopic (exact) mass is 340 g/mol. The minimum atomic E-state index is -0.541. The minimum Gasteiger partial charge on any atom is -0.464 e. The van der Waals surface area contributed by atoms with Crippen LogP contribution in [0.2, 0.25) is 0 Å². The fourth-order valence-electron chi connectivity index (χ4n) is 3.48. The second-order valence-corrected chi connectivity index (χ2v) is 6.49. The summed E-state index contributed by atoms with van der Waals surface area (Å²) in [6.45, 7) is 2.15. The summed E-state index contributed by atoms with van der Waals surface area (Å²) in [6, 6.07) is 7.52. The number of aromatic nitrogens is 2. The number of benzene rings is 1. The van der Waals surface area contributed by atoms with E-state index in [2.05, 4.69) is 20.8 Å². The van der Waals surface area contributed by atoms with Crippen LogP contribution in [-0.2, 0) is 12.1 Å². The first kappa shape index (κ1) is 15.7. The zero-order valence-electron chi connectivity index (χ0n) is 14.0. The van der Waals surface area contributed by atoms with Gasteiger partial charge < -0.3 is 19.6 Å². The van der Waals surface area contributed by atoms with Gasteiger partial charge in [-0.25, -0.2) is 4.79 Å². The molecule has 3 aromatic rings. The number of aryl methyl sites for hydroxylation is 1. The topological polar surface area (TPSA) is 93.2 Å². The third-order valence-electron chi connectivity index (χ3n) is 4.77. The van der Waals surface area contributed by atoms with E-state index >= 15 is 0 Å². The molecule has 1 aliphatic carbocycles. The summed E-state index contributed by atoms with van der Waals surface area (Å²) in [7, 11) is 0. The summed E-state index contributed by atoms with van der Waals surface area (Å²) in [5, 5.41) is 11.0. The highest BCUT2D eigenvalue weighted by molar-refractivity contribution is 5.82. The molecule has 0 radical (unpaired) electrons. The molecule has 1 saturated carbocycles. The fourth-order valence-corrected chi connectivity index (χ4v) is 3.48. The largest absolute Gasteiger partial charge is 0.464 e. The molecule has 0 saturated heterocycles. The highest BCUT2D eigenvalue weighted by Crippen LogP contribution is 2.37. The molecule has 4 rings (SSSR count). The van der Waals surface area contributed by atoms with Gasteiger partial charge in [-0.3, -0.25) is 0 Å². The number of carbonyl (C=O) groups excluding carboxylic acids is 1. The highest BCUT2D eigenvalue weighted by Gasteiger charge is 2.41. The lowest BCUT2D eigenvalue weighted by Crippen LogP contribution is -2.48. The van der Waals surface area contributed by atoms with Crippen molar-refractivity contribution in [3.8, 4) is 0 Å². The van der Waals surface area contributed by atoms with Gasteiger partial charge in [-0.2, -0.15) is 4.98 Å². The standard InChI is InChI=1S/C18H20N4O3/c1-12-20-16(22-25-12)18(8-4-5-9-18)21-17(23)19-10-13-11-24-15-7-3-2-6-14(13)15/h2-3,6-7,11H,4-5,8-10H2,1H3,(H2,19,21,23). The average Bonchev–Trinajstić information content (AvgIpc) is 3.33. The summed E-state index contributed by atoms with van der Waals surface area (Å²) < 4.78 is 10.6. The molecular formula is C18H20N4O3. The number of carbonyl (C=O) groups is 1. The van der Waals surface area contributed by atoms with E-state index in [0.29, 0.717) is 18.3 Å². The Morgan fingerprint density at radius 1 is 1.28 bits per heavy atom. The maximum absolute atomic E-state index is 12.5. The molecule has 7 heteroatoms. The van der Waals surface area contributed by atoms with Crippen molar-refractivity contribution in [3.05, 3.63) is 47.8 Å². The van der Waals surface area contributed by atoms with Gasteiger partial charge in [0.25, 0.3) is 0 Å². The molecule has 0 bridgehead atoms. The number of furan rings is 1. The van der Waals surface area contributed by atoms with Crippen LogP contribution in [0.5, 0.6) is 0 Å². The Balaban J connectivity index is 1.45. The number of fused-ring (bicyclic) bond motifs is 1. The van der Waals surface area contributed by atoms with Gasteiger partial charge in [0.1, 0.15) is 11.1 Å². The number of nitrogens with zero attached hydrogens (tertiary/aromatic N) is 2. The Hall–Kier alpha value is -2.83. The van der Waals surface area contributed by atoms with E-state index in [4.69, 9.17) is 8.94 Å². The van der Waals surface area contributed by atoms with E-state index in [1.165, 1.54) is 0 Å². The molecule has 0 spiro atoms. The predicted octanol–water partition coefficient (Wildman–Crippen LogP) is 3.39.